The first-order valence-electron chi connectivity index (χ1n) is 9.37. The molecule has 8 heteroatoms. The Labute approximate surface area is 161 Å². The Hall–Kier alpha value is -2.19. The largest absolute Gasteiger partial charge is 0.398 e. The smallest absolute Gasteiger partial charge is 0.211 e. The van der Waals surface area contributed by atoms with Crippen LogP contribution in [-0.2, 0) is 16.4 Å². The summed E-state index contributed by atoms with van der Waals surface area (Å²) in [4.78, 5) is 11.2. The minimum absolute atomic E-state index is 0.0847. The van der Waals surface area contributed by atoms with Gasteiger partial charge in [0, 0.05) is 37.4 Å². The number of sulfonamides is 1. The molecule has 1 unspecified atom stereocenters. The monoisotopic (exact) mass is 389 g/mol. The first-order valence-corrected chi connectivity index (χ1v) is 11.0. The minimum atomic E-state index is -3.21. The van der Waals surface area contributed by atoms with Crippen molar-refractivity contribution in [1.82, 2.24) is 14.7 Å². The second kappa shape index (κ2) is 8.67. The lowest BCUT2D eigenvalue weighted by atomic mass is 10.1. The van der Waals surface area contributed by atoms with E-state index in [2.05, 4.69) is 19.6 Å². The first-order chi connectivity index (χ1) is 13.0. The van der Waals surface area contributed by atoms with E-state index in [0.717, 1.165) is 36.5 Å². The molecular formula is C19H27N5O2S. The van der Waals surface area contributed by atoms with E-state index in [1.54, 1.807) is 6.20 Å². The summed E-state index contributed by atoms with van der Waals surface area (Å²) in [5.41, 5.74) is 7.75. The van der Waals surface area contributed by atoms with Crippen molar-refractivity contribution in [2.24, 2.45) is 0 Å². The van der Waals surface area contributed by atoms with E-state index >= 15 is 0 Å². The van der Waals surface area contributed by atoms with Crippen molar-refractivity contribution < 1.29 is 8.42 Å². The molecule has 1 aromatic carbocycles. The highest BCUT2D eigenvalue weighted by molar-refractivity contribution is 7.89. The lowest BCUT2D eigenvalue weighted by Gasteiger charge is -2.33. The van der Waals surface area contributed by atoms with Crippen LogP contribution in [0.3, 0.4) is 0 Å². The Balaban J connectivity index is 1.70. The molecule has 0 saturated carbocycles. The second-order valence-corrected chi connectivity index (χ2v) is 8.80. The van der Waals surface area contributed by atoms with Gasteiger partial charge in [-0.15, -0.1) is 0 Å². The van der Waals surface area contributed by atoms with Gasteiger partial charge in [-0.3, -0.25) is 0 Å². The van der Waals surface area contributed by atoms with E-state index in [0.29, 0.717) is 25.2 Å². The summed E-state index contributed by atoms with van der Waals surface area (Å²) in [5, 5.41) is 0. The molecule has 1 aliphatic rings. The van der Waals surface area contributed by atoms with Crippen molar-refractivity contribution in [3.63, 3.8) is 0 Å². The molecule has 0 spiro atoms. The topological polar surface area (TPSA) is 101 Å². The van der Waals surface area contributed by atoms with Crippen molar-refractivity contribution in [1.29, 1.82) is 0 Å². The van der Waals surface area contributed by atoms with Crippen molar-refractivity contribution in [2.75, 3.05) is 29.5 Å². The predicted octanol–water partition coefficient (Wildman–Crippen LogP) is 1.95. The van der Waals surface area contributed by atoms with Crippen molar-refractivity contribution in [3.05, 3.63) is 47.9 Å². The highest BCUT2D eigenvalue weighted by Crippen LogP contribution is 2.20. The van der Waals surface area contributed by atoms with E-state index in [1.807, 2.05) is 37.3 Å². The predicted molar refractivity (Wildman–Crippen MR) is 108 cm³/mol. The van der Waals surface area contributed by atoms with Gasteiger partial charge in [0.1, 0.15) is 11.6 Å². The second-order valence-electron chi connectivity index (χ2n) is 6.93. The Bertz CT molecular complexity index is 872. The Morgan fingerprint density at radius 1 is 1.30 bits per heavy atom. The third-order valence-electron chi connectivity index (χ3n) is 4.66. The molecule has 146 valence electrons. The lowest BCUT2D eigenvalue weighted by Crippen LogP contribution is -2.48. The summed E-state index contributed by atoms with van der Waals surface area (Å²) in [5.74, 6) is 1.70. The van der Waals surface area contributed by atoms with E-state index in [-0.39, 0.29) is 11.8 Å². The highest BCUT2D eigenvalue weighted by Gasteiger charge is 2.24. The van der Waals surface area contributed by atoms with Gasteiger partial charge in [0.25, 0.3) is 0 Å². The molecule has 0 aliphatic carbocycles. The Morgan fingerprint density at radius 2 is 2.11 bits per heavy atom. The van der Waals surface area contributed by atoms with Gasteiger partial charge in [-0.2, -0.15) is 0 Å². The molecule has 0 bridgehead atoms. The lowest BCUT2D eigenvalue weighted by molar-refractivity contribution is 0.463. The number of aromatic nitrogens is 2. The van der Waals surface area contributed by atoms with E-state index in [1.165, 1.54) is 0 Å². The normalized spacial score (nSPS) is 17.8. The molecule has 2 heterocycles. The summed E-state index contributed by atoms with van der Waals surface area (Å²) in [6.45, 7) is 3.34. The average Bonchev–Trinajstić information content (AvgIpc) is 2.64. The Morgan fingerprint density at radius 3 is 2.89 bits per heavy atom. The maximum absolute atomic E-state index is 12.1. The maximum atomic E-state index is 12.1. The number of nitrogens with two attached hydrogens (primary N) is 1. The number of nitrogens with one attached hydrogen (secondary N) is 1. The van der Waals surface area contributed by atoms with Crippen LogP contribution in [-0.4, -0.2) is 43.3 Å². The van der Waals surface area contributed by atoms with Gasteiger partial charge in [-0.25, -0.2) is 23.1 Å². The van der Waals surface area contributed by atoms with Crippen LogP contribution in [0.5, 0.6) is 0 Å². The number of benzene rings is 1. The molecule has 1 saturated heterocycles. The number of nitrogen functional groups attached to an aromatic ring is 1. The van der Waals surface area contributed by atoms with Gasteiger partial charge >= 0.3 is 0 Å². The van der Waals surface area contributed by atoms with Gasteiger partial charge in [-0.1, -0.05) is 25.1 Å². The maximum Gasteiger partial charge on any atom is 0.211 e. The fraction of sp³-hybridized carbons (Fsp3) is 0.474. The number of anilines is 2. The van der Waals surface area contributed by atoms with E-state index < -0.39 is 10.0 Å². The van der Waals surface area contributed by atoms with E-state index in [4.69, 9.17) is 5.73 Å². The Kier molecular flexibility index (Phi) is 6.28. The van der Waals surface area contributed by atoms with Crippen LogP contribution in [0.25, 0.3) is 0 Å². The van der Waals surface area contributed by atoms with Gasteiger partial charge in [-0.05, 0) is 37.0 Å². The van der Waals surface area contributed by atoms with Gasteiger partial charge in [0.15, 0.2) is 0 Å². The molecule has 1 fully saturated rings. The third-order valence-corrected chi connectivity index (χ3v) is 6.30. The molecule has 0 radical (unpaired) electrons. The van der Waals surface area contributed by atoms with Gasteiger partial charge in [0.05, 0.1) is 5.75 Å². The number of hydrogen-bond acceptors (Lipinski definition) is 6. The SMILES string of the molecule is CCCS(=O)(=O)NC1CCCN(c2ccnc(Cc3ccccc3N)n2)C1. The molecule has 0 amide bonds. The zero-order valence-electron chi connectivity index (χ0n) is 15.6. The highest BCUT2D eigenvalue weighted by atomic mass is 32.2. The quantitative estimate of drug-likeness (QED) is 0.702. The van der Waals surface area contributed by atoms with Crippen LogP contribution < -0.4 is 15.4 Å². The van der Waals surface area contributed by atoms with Crippen molar-refractivity contribution in [2.45, 2.75) is 38.6 Å². The van der Waals surface area contributed by atoms with Gasteiger partial charge < -0.3 is 10.6 Å². The molecule has 2 aromatic rings. The fourth-order valence-electron chi connectivity index (χ4n) is 3.38. The molecular weight excluding hydrogens is 362 g/mol. The summed E-state index contributed by atoms with van der Waals surface area (Å²) in [6, 6.07) is 9.50. The summed E-state index contributed by atoms with van der Waals surface area (Å²) in [7, 11) is -3.21. The van der Waals surface area contributed by atoms with Crippen LogP contribution in [0, 0.1) is 0 Å². The van der Waals surface area contributed by atoms with Crippen molar-refractivity contribution in [3.8, 4) is 0 Å². The molecule has 1 aliphatic heterocycles. The molecule has 7 nitrogen and oxygen atoms in total. The fourth-order valence-corrected chi connectivity index (χ4v) is 4.73. The van der Waals surface area contributed by atoms with Crippen LogP contribution in [0.15, 0.2) is 36.5 Å². The average molecular weight is 390 g/mol. The first kappa shape index (κ1) is 19.6. The molecule has 3 rings (SSSR count). The van der Waals surface area contributed by atoms with Crippen LogP contribution in [0.2, 0.25) is 0 Å². The van der Waals surface area contributed by atoms with Crippen LogP contribution in [0.1, 0.15) is 37.6 Å². The summed E-state index contributed by atoms with van der Waals surface area (Å²) in [6.07, 6.45) is 4.70. The molecule has 1 atom stereocenters. The van der Waals surface area contributed by atoms with Crippen LogP contribution in [0.4, 0.5) is 11.5 Å². The zero-order chi connectivity index (χ0) is 19.3. The molecule has 27 heavy (non-hydrogen) atoms. The molecule has 1 aromatic heterocycles. The number of nitrogens with zero attached hydrogens (tertiary/aromatic N) is 3. The number of piperidine rings is 1. The number of hydrogen-bond donors (Lipinski definition) is 2. The van der Waals surface area contributed by atoms with Crippen LogP contribution >= 0.6 is 0 Å². The van der Waals surface area contributed by atoms with Crippen molar-refractivity contribution >= 4 is 21.5 Å². The molecule has 3 N–H and O–H groups in total. The zero-order valence-corrected chi connectivity index (χ0v) is 16.5. The minimum Gasteiger partial charge on any atom is -0.398 e. The van der Waals surface area contributed by atoms with Gasteiger partial charge in [0.2, 0.25) is 10.0 Å². The summed E-state index contributed by atoms with van der Waals surface area (Å²) >= 11 is 0. The number of rotatable bonds is 7. The number of para-hydroxylation sites is 1. The van der Waals surface area contributed by atoms with E-state index in [9.17, 15) is 8.42 Å². The third kappa shape index (κ3) is 5.40. The summed E-state index contributed by atoms with van der Waals surface area (Å²) < 4.78 is 27.0. The standard InChI is InChI=1S/C19H27N5O2S/c1-2-12-27(25,26)23-16-7-5-11-24(14-16)19-9-10-21-18(22-19)13-15-6-3-4-8-17(15)20/h3-4,6,8-10,16,23H,2,5,7,11-14,20H2,1H3.